The first kappa shape index (κ1) is 13.4. The van der Waals surface area contributed by atoms with Gasteiger partial charge in [0.25, 0.3) is 0 Å². The van der Waals surface area contributed by atoms with Crippen LogP contribution in [0, 0.1) is 0 Å². The first-order valence-electron chi connectivity index (χ1n) is 7.43. The van der Waals surface area contributed by atoms with Gasteiger partial charge in [-0.2, -0.15) is 0 Å². The van der Waals surface area contributed by atoms with Crippen molar-refractivity contribution in [3.8, 4) is 0 Å². The van der Waals surface area contributed by atoms with Gasteiger partial charge >= 0.3 is 0 Å². The molecule has 0 atom stereocenters. The summed E-state index contributed by atoms with van der Waals surface area (Å²) in [6.45, 7) is 3.42. The summed E-state index contributed by atoms with van der Waals surface area (Å²) in [5, 5.41) is 0.910. The van der Waals surface area contributed by atoms with Crippen LogP contribution in [0.5, 0.6) is 0 Å². The van der Waals surface area contributed by atoms with E-state index in [0.29, 0.717) is 0 Å². The van der Waals surface area contributed by atoms with Crippen molar-refractivity contribution in [3.63, 3.8) is 0 Å². The normalized spacial score (nSPS) is 22.4. The summed E-state index contributed by atoms with van der Waals surface area (Å²) in [6, 6.07) is 6.52. The molecule has 104 valence electrons. The molecule has 1 aliphatic heterocycles. The van der Waals surface area contributed by atoms with Crippen molar-refractivity contribution >= 4 is 11.6 Å². The number of nitrogens with two attached hydrogens (primary N) is 1. The molecule has 0 unspecified atom stereocenters. The highest BCUT2D eigenvalue weighted by Gasteiger charge is 2.37. The molecular weight excluding hydrogens is 256 g/mol. The van der Waals surface area contributed by atoms with E-state index in [2.05, 4.69) is 23.1 Å². The zero-order chi connectivity index (χ0) is 13.3. The third-order valence-corrected chi connectivity index (χ3v) is 4.76. The molecule has 0 bridgehead atoms. The van der Waals surface area contributed by atoms with Crippen LogP contribution in [0.1, 0.15) is 43.2 Å². The first-order chi connectivity index (χ1) is 9.15. The highest BCUT2D eigenvalue weighted by molar-refractivity contribution is 6.31. The molecule has 19 heavy (non-hydrogen) atoms. The first-order valence-corrected chi connectivity index (χ1v) is 7.81. The Morgan fingerprint density at radius 2 is 1.89 bits per heavy atom. The summed E-state index contributed by atoms with van der Waals surface area (Å²) >= 11 is 6.43. The van der Waals surface area contributed by atoms with Gasteiger partial charge < -0.3 is 5.73 Å². The Morgan fingerprint density at radius 1 is 1.16 bits per heavy atom. The Balaban J connectivity index is 1.65. The van der Waals surface area contributed by atoms with E-state index in [1.807, 2.05) is 0 Å². The standard InChI is InChI=1S/C16H23ClN2/c17-15-10-13(11-16(18)6-7-16)4-5-14(15)12-19-8-2-1-3-9-19/h4-5,10H,1-3,6-9,11-12,18H2. The highest BCUT2D eigenvalue weighted by atomic mass is 35.5. The summed E-state index contributed by atoms with van der Waals surface area (Å²) in [6.07, 6.45) is 7.30. The molecule has 1 aromatic carbocycles. The molecule has 0 spiro atoms. The number of benzene rings is 1. The van der Waals surface area contributed by atoms with E-state index in [4.69, 9.17) is 17.3 Å². The van der Waals surface area contributed by atoms with Crippen LogP contribution in [-0.2, 0) is 13.0 Å². The third-order valence-electron chi connectivity index (χ3n) is 4.41. The number of rotatable bonds is 4. The molecule has 0 radical (unpaired) electrons. The maximum absolute atomic E-state index is 6.43. The van der Waals surface area contributed by atoms with E-state index in [9.17, 15) is 0 Å². The Labute approximate surface area is 120 Å². The van der Waals surface area contributed by atoms with Crippen LogP contribution in [-0.4, -0.2) is 23.5 Å². The number of halogens is 1. The summed E-state index contributed by atoms with van der Waals surface area (Å²) in [5.41, 5.74) is 8.78. The van der Waals surface area contributed by atoms with Gasteiger partial charge in [-0.3, -0.25) is 4.90 Å². The fraction of sp³-hybridized carbons (Fsp3) is 0.625. The van der Waals surface area contributed by atoms with Crippen LogP contribution >= 0.6 is 11.6 Å². The van der Waals surface area contributed by atoms with Gasteiger partial charge in [-0.25, -0.2) is 0 Å². The summed E-state index contributed by atoms with van der Waals surface area (Å²) in [4.78, 5) is 2.51. The van der Waals surface area contributed by atoms with E-state index in [-0.39, 0.29) is 5.54 Å². The van der Waals surface area contributed by atoms with Gasteiger partial charge in [0.15, 0.2) is 0 Å². The third kappa shape index (κ3) is 3.50. The summed E-state index contributed by atoms with van der Waals surface area (Å²) < 4.78 is 0. The van der Waals surface area contributed by atoms with Gasteiger partial charge in [-0.15, -0.1) is 0 Å². The Kier molecular flexibility index (Phi) is 3.84. The van der Waals surface area contributed by atoms with Crippen LogP contribution in [0.15, 0.2) is 18.2 Å². The molecule has 3 heteroatoms. The number of likely N-dealkylation sites (tertiary alicyclic amines) is 1. The lowest BCUT2D eigenvalue weighted by atomic mass is 10.0. The minimum atomic E-state index is 0.0672. The van der Waals surface area contributed by atoms with Gasteiger partial charge in [-0.05, 0) is 62.4 Å². The topological polar surface area (TPSA) is 29.3 Å². The largest absolute Gasteiger partial charge is 0.325 e. The maximum atomic E-state index is 6.43. The molecule has 2 N–H and O–H groups in total. The Bertz CT molecular complexity index is 448. The van der Waals surface area contributed by atoms with Gasteiger partial charge in [0.2, 0.25) is 0 Å². The number of nitrogens with zero attached hydrogens (tertiary/aromatic N) is 1. The van der Waals surface area contributed by atoms with Crippen molar-refractivity contribution in [2.24, 2.45) is 5.73 Å². The van der Waals surface area contributed by atoms with Crippen LogP contribution in [0.25, 0.3) is 0 Å². The molecule has 1 aromatic rings. The summed E-state index contributed by atoms with van der Waals surface area (Å²) in [7, 11) is 0. The molecule has 0 aromatic heterocycles. The van der Waals surface area contributed by atoms with E-state index in [1.165, 1.54) is 43.5 Å². The second-order valence-corrected chi connectivity index (χ2v) is 6.71. The van der Waals surface area contributed by atoms with Crippen LogP contribution < -0.4 is 5.73 Å². The lowest BCUT2D eigenvalue weighted by Crippen LogP contribution is -2.29. The van der Waals surface area contributed by atoms with Crippen LogP contribution in [0.2, 0.25) is 5.02 Å². The lowest BCUT2D eigenvalue weighted by Gasteiger charge is -2.26. The monoisotopic (exact) mass is 278 g/mol. The average Bonchev–Trinajstić information content (AvgIpc) is 3.12. The van der Waals surface area contributed by atoms with E-state index >= 15 is 0 Å². The summed E-state index contributed by atoms with van der Waals surface area (Å²) in [5.74, 6) is 0. The molecule has 2 fully saturated rings. The predicted molar refractivity (Wildman–Crippen MR) is 80.4 cm³/mol. The maximum Gasteiger partial charge on any atom is 0.0453 e. The Morgan fingerprint density at radius 3 is 2.53 bits per heavy atom. The predicted octanol–water partition coefficient (Wildman–Crippen LogP) is 3.36. The number of hydrogen-bond acceptors (Lipinski definition) is 2. The van der Waals surface area contributed by atoms with Gasteiger partial charge in [0.05, 0.1) is 0 Å². The van der Waals surface area contributed by atoms with Crippen molar-refractivity contribution in [1.29, 1.82) is 0 Å². The molecule has 1 heterocycles. The molecule has 1 aliphatic carbocycles. The molecule has 0 amide bonds. The van der Waals surface area contributed by atoms with Crippen molar-refractivity contribution < 1.29 is 0 Å². The van der Waals surface area contributed by atoms with E-state index in [0.717, 1.165) is 30.8 Å². The SMILES string of the molecule is NC1(Cc2ccc(CN3CCCCC3)c(Cl)c2)CC1. The minimum absolute atomic E-state index is 0.0672. The quantitative estimate of drug-likeness (QED) is 0.915. The number of hydrogen-bond donors (Lipinski definition) is 1. The Hall–Kier alpha value is -0.570. The fourth-order valence-corrected chi connectivity index (χ4v) is 3.19. The fourth-order valence-electron chi connectivity index (χ4n) is 2.93. The van der Waals surface area contributed by atoms with Gasteiger partial charge in [0, 0.05) is 17.1 Å². The van der Waals surface area contributed by atoms with Crippen molar-refractivity contribution in [2.75, 3.05) is 13.1 Å². The van der Waals surface area contributed by atoms with Crippen molar-refractivity contribution in [1.82, 2.24) is 4.90 Å². The van der Waals surface area contributed by atoms with Gasteiger partial charge in [0.1, 0.15) is 0 Å². The van der Waals surface area contributed by atoms with Crippen LogP contribution in [0.4, 0.5) is 0 Å². The molecule has 3 rings (SSSR count). The average molecular weight is 279 g/mol. The number of piperidine rings is 1. The smallest absolute Gasteiger partial charge is 0.0453 e. The van der Waals surface area contributed by atoms with E-state index in [1.54, 1.807) is 0 Å². The molecular formula is C16H23ClN2. The highest BCUT2D eigenvalue weighted by Crippen LogP contribution is 2.36. The van der Waals surface area contributed by atoms with Crippen molar-refractivity contribution in [3.05, 3.63) is 34.3 Å². The molecule has 2 nitrogen and oxygen atoms in total. The van der Waals surface area contributed by atoms with E-state index < -0.39 is 0 Å². The van der Waals surface area contributed by atoms with Crippen LogP contribution in [0.3, 0.4) is 0 Å². The van der Waals surface area contributed by atoms with Crippen molar-refractivity contribution in [2.45, 2.75) is 50.6 Å². The molecule has 2 aliphatic rings. The zero-order valence-electron chi connectivity index (χ0n) is 11.5. The second-order valence-electron chi connectivity index (χ2n) is 6.30. The lowest BCUT2D eigenvalue weighted by molar-refractivity contribution is 0.221. The van der Waals surface area contributed by atoms with Gasteiger partial charge in [-0.1, -0.05) is 30.2 Å². The minimum Gasteiger partial charge on any atom is -0.325 e. The zero-order valence-corrected chi connectivity index (χ0v) is 12.3. The molecule has 1 saturated heterocycles. The second kappa shape index (κ2) is 5.43. The molecule has 1 saturated carbocycles.